The second-order valence-corrected chi connectivity index (χ2v) is 4.60. The fraction of sp³-hybridized carbons (Fsp3) is 0.118. The fourth-order valence-corrected chi connectivity index (χ4v) is 2.37. The van der Waals surface area contributed by atoms with Crippen LogP contribution in [0.4, 0.5) is 0 Å². The lowest BCUT2D eigenvalue weighted by Gasteiger charge is -2.05. The molecule has 0 saturated carbocycles. The molecular weight excluding hydrogens is 236 g/mol. The van der Waals surface area contributed by atoms with E-state index in [1.807, 2.05) is 0 Å². The third kappa shape index (κ3) is 2.43. The van der Waals surface area contributed by atoms with Crippen molar-refractivity contribution in [1.29, 1.82) is 0 Å². The third-order valence-corrected chi connectivity index (χ3v) is 3.35. The van der Waals surface area contributed by atoms with Crippen molar-refractivity contribution in [3.05, 3.63) is 60.2 Å². The zero-order valence-corrected chi connectivity index (χ0v) is 10.5. The highest BCUT2D eigenvalue weighted by Gasteiger charge is 2.00. The number of rotatable bonds is 4. The molecule has 2 nitrogen and oxygen atoms in total. The molecule has 3 rings (SSSR count). The first-order valence-electron chi connectivity index (χ1n) is 6.33. The molecule has 0 fully saturated rings. The number of benzene rings is 3. The number of ether oxygens (including phenoxy) is 1. The van der Waals surface area contributed by atoms with Crippen LogP contribution in [0.3, 0.4) is 0 Å². The van der Waals surface area contributed by atoms with E-state index in [1.165, 1.54) is 27.1 Å². The van der Waals surface area contributed by atoms with Crippen molar-refractivity contribution in [2.24, 2.45) is 0 Å². The van der Waals surface area contributed by atoms with Gasteiger partial charge in [0.2, 0.25) is 0 Å². The van der Waals surface area contributed by atoms with Crippen LogP contribution in [0.2, 0.25) is 0 Å². The van der Waals surface area contributed by atoms with Crippen LogP contribution in [0.5, 0.6) is 0 Å². The molecule has 0 aliphatic rings. The average Bonchev–Trinajstić information content (AvgIpc) is 2.45. The van der Waals surface area contributed by atoms with Gasteiger partial charge in [0.05, 0.1) is 6.61 Å². The van der Waals surface area contributed by atoms with E-state index in [2.05, 4.69) is 54.6 Å². The van der Waals surface area contributed by atoms with Gasteiger partial charge in [0.15, 0.2) is 0 Å². The number of hydrogen-bond acceptors (Lipinski definition) is 2. The van der Waals surface area contributed by atoms with Crippen LogP contribution in [0.1, 0.15) is 5.56 Å². The molecule has 3 aromatic rings. The Hall–Kier alpha value is -2.35. The van der Waals surface area contributed by atoms with Crippen molar-refractivity contribution in [2.45, 2.75) is 6.42 Å². The second kappa shape index (κ2) is 5.11. The summed E-state index contributed by atoms with van der Waals surface area (Å²) in [6.45, 7) is 0.928. The summed E-state index contributed by atoms with van der Waals surface area (Å²) in [6.07, 6.45) is 0.751. The van der Waals surface area contributed by atoms with E-state index in [4.69, 9.17) is 4.74 Å². The van der Waals surface area contributed by atoms with Gasteiger partial charge < -0.3 is 4.74 Å². The van der Waals surface area contributed by atoms with Gasteiger partial charge in [0.25, 0.3) is 6.47 Å². The van der Waals surface area contributed by atoms with E-state index in [0.29, 0.717) is 13.1 Å². The first kappa shape index (κ1) is 11.7. The zero-order chi connectivity index (χ0) is 13.1. The summed E-state index contributed by atoms with van der Waals surface area (Å²) in [5.41, 5.74) is 1.18. The Morgan fingerprint density at radius 3 is 2.26 bits per heavy atom. The lowest BCUT2D eigenvalue weighted by Crippen LogP contribution is -1.96. The van der Waals surface area contributed by atoms with E-state index >= 15 is 0 Å². The summed E-state index contributed by atoms with van der Waals surface area (Å²) in [7, 11) is 0. The quantitative estimate of drug-likeness (QED) is 0.401. The second-order valence-electron chi connectivity index (χ2n) is 4.60. The Kier molecular flexibility index (Phi) is 3.15. The van der Waals surface area contributed by atoms with E-state index in [-0.39, 0.29) is 0 Å². The Morgan fingerprint density at radius 1 is 0.842 bits per heavy atom. The standard InChI is InChI=1S/C17H14O2/c18-12-19-8-7-13-5-6-16-10-14-3-1-2-4-15(14)11-17(16)9-13/h1-6,9-12H,7-8H2. The molecule has 0 N–H and O–H groups in total. The van der Waals surface area contributed by atoms with Gasteiger partial charge in [0.1, 0.15) is 0 Å². The molecule has 0 atom stereocenters. The van der Waals surface area contributed by atoms with Gasteiger partial charge in [-0.2, -0.15) is 0 Å². The highest BCUT2D eigenvalue weighted by molar-refractivity contribution is 5.98. The summed E-state index contributed by atoms with van der Waals surface area (Å²) in [6, 6.07) is 19.1. The van der Waals surface area contributed by atoms with Crippen LogP contribution in [0.25, 0.3) is 21.5 Å². The van der Waals surface area contributed by atoms with Gasteiger partial charge in [-0.1, -0.05) is 42.5 Å². The molecule has 0 aliphatic carbocycles. The molecular formula is C17H14O2. The Bertz CT molecular complexity index is 731. The Morgan fingerprint density at radius 2 is 1.53 bits per heavy atom. The van der Waals surface area contributed by atoms with E-state index < -0.39 is 0 Å². The lowest BCUT2D eigenvalue weighted by atomic mass is 10.0. The first-order valence-corrected chi connectivity index (χ1v) is 6.33. The van der Waals surface area contributed by atoms with Crippen LogP contribution < -0.4 is 0 Å². The number of fused-ring (bicyclic) bond motifs is 2. The lowest BCUT2D eigenvalue weighted by molar-refractivity contribution is -0.128. The van der Waals surface area contributed by atoms with Gasteiger partial charge in [-0.3, -0.25) is 4.79 Å². The minimum absolute atomic E-state index is 0.433. The van der Waals surface area contributed by atoms with Gasteiger partial charge in [-0.25, -0.2) is 0 Å². The van der Waals surface area contributed by atoms with Crippen LogP contribution in [-0.4, -0.2) is 13.1 Å². The molecule has 0 heterocycles. The van der Waals surface area contributed by atoms with E-state index in [1.54, 1.807) is 0 Å². The van der Waals surface area contributed by atoms with Crippen molar-refractivity contribution in [3.8, 4) is 0 Å². The van der Waals surface area contributed by atoms with Gasteiger partial charge >= 0.3 is 0 Å². The zero-order valence-electron chi connectivity index (χ0n) is 10.5. The predicted molar refractivity (Wildman–Crippen MR) is 77.2 cm³/mol. The minimum Gasteiger partial charge on any atom is -0.468 e. The van der Waals surface area contributed by atoms with Crippen molar-refractivity contribution >= 4 is 28.0 Å². The topological polar surface area (TPSA) is 26.3 Å². The third-order valence-electron chi connectivity index (χ3n) is 3.35. The van der Waals surface area contributed by atoms with Crippen molar-refractivity contribution < 1.29 is 9.53 Å². The summed E-state index contributed by atoms with van der Waals surface area (Å²) >= 11 is 0. The maximum absolute atomic E-state index is 10.1. The number of carbonyl (C=O) groups is 1. The molecule has 0 bridgehead atoms. The largest absolute Gasteiger partial charge is 0.468 e. The van der Waals surface area contributed by atoms with Crippen molar-refractivity contribution in [1.82, 2.24) is 0 Å². The summed E-state index contributed by atoms with van der Waals surface area (Å²) in [5.74, 6) is 0. The maximum atomic E-state index is 10.1. The minimum atomic E-state index is 0.433. The monoisotopic (exact) mass is 250 g/mol. The molecule has 2 heteroatoms. The Balaban J connectivity index is 2.01. The highest BCUT2D eigenvalue weighted by Crippen LogP contribution is 2.23. The van der Waals surface area contributed by atoms with Crippen molar-refractivity contribution in [3.63, 3.8) is 0 Å². The van der Waals surface area contributed by atoms with Gasteiger partial charge in [-0.05, 0) is 39.2 Å². The first-order chi connectivity index (χ1) is 9.36. The molecule has 0 radical (unpaired) electrons. The summed E-state index contributed by atoms with van der Waals surface area (Å²) < 4.78 is 4.74. The van der Waals surface area contributed by atoms with E-state index in [0.717, 1.165) is 6.42 Å². The SMILES string of the molecule is O=COCCc1ccc2cc3ccccc3cc2c1. The molecule has 19 heavy (non-hydrogen) atoms. The molecule has 3 aromatic carbocycles. The molecule has 0 spiro atoms. The highest BCUT2D eigenvalue weighted by atomic mass is 16.5. The average molecular weight is 250 g/mol. The van der Waals surface area contributed by atoms with Crippen LogP contribution >= 0.6 is 0 Å². The number of carbonyl (C=O) groups excluding carboxylic acids is 1. The van der Waals surface area contributed by atoms with Crippen LogP contribution in [0, 0.1) is 0 Å². The molecule has 0 saturated heterocycles. The molecule has 0 amide bonds. The smallest absolute Gasteiger partial charge is 0.293 e. The molecule has 0 aromatic heterocycles. The summed E-state index contributed by atoms with van der Waals surface area (Å²) in [5, 5.41) is 4.96. The summed E-state index contributed by atoms with van der Waals surface area (Å²) in [4.78, 5) is 10.1. The fourth-order valence-electron chi connectivity index (χ4n) is 2.37. The Labute approximate surface area is 111 Å². The normalized spacial score (nSPS) is 10.7. The van der Waals surface area contributed by atoms with E-state index in [9.17, 15) is 4.79 Å². The van der Waals surface area contributed by atoms with Gasteiger partial charge in [-0.15, -0.1) is 0 Å². The van der Waals surface area contributed by atoms with Gasteiger partial charge in [0, 0.05) is 6.42 Å². The van der Waals surface area contributed by atoms with Crippen molar-refractivity contribution in [2.75, 3.05) is 6.61 Å². The number of hydrogen-bond donors (Lipinski definition) is 0. The maximum Gasteiger partial charge on any atom is 0.293 e. The predicted octanol–water partition coefficient (Wildman–Crippen LogP) is 3.71. The van der Waals surface area contributed by atoms with Crippen LogP contribution in [-0.2, 0) is 16.0 Å². The molecule has 0 unspecified atom stereocenters. The van der Waals surface area contributed by atoms with Crippen LogP contribution in [0.15, 0.2) is 54.6 Å². The molecule has 0 aliphatic heterocycles. The molecule has 94 valence electrons.